The summed E-state index contributed by atoms with van der Waals surface area (Å²) in [6.45, 7) is 0.650. The molecule has 0 fully saturated rings. The minimum absolute atomic E-state index is 0.134. The normalized spacial score (nSPS) is 12.2. The second-order valence-corrected chi connectivity index (χ2v) is 6.27. The number of aromatic nitrogens is 1. The molecule has 1 amide bonds. The highest BCUT2D eigenvalue weighted by Crippen LogP contribution is 2.36. The van der Waals surface area contributed by atoms with E-state index in [0.717, 1.165) is 11.1 Å². The molecule has 0 aliphatic carbocycles. The lowest BCUT2D eigenvalue weighted by Gasteiger charge is -2.04. The van der Waals surface area contributed by atoms with E-state index in [1.54, 1.807) is 18.2 Å². The maximum atomic E-state index is 12.1. The molecule has 0 saturated carbocycles. The fourth-order valence-electron chi connectivity index (χ4n) is 2.61. The number of nitrogens with one attached hydrogen (secondary N) is 1. The molecule has 0 saturated heterocycles. The summed E-state index contributed by atoms with van der Waals surface area (Å²) in [7, 11) is 0. The third kappa shape index (κ3) is 3.65. The quantitative estimate of drug-likeness (QED) is 0.743. The number of rotatable bonds is 5. The summed E-state index contributed by atoms with van der Waals surface area (Å²) in [6, 6.07) is 14.6. The van der Waals surface area contributed by atoms with Gasteiger partial charge in [-0.05, 0) is 35.9 Å². The van der Waals surface area contributed by atoms with Gasteiger partial charge in [0.05, 0.1) is 12.1 Å². The van der Waals surface area contributed by atoms with Gasteiger partial charge in [0.15, 0.2) is 17.3 Å². The van der Waals surface area contributed by atoms with Crippen LogP contribution in [0, 0.1) is 0 Å². The van der Waals surface area contributed by atoms with Crippen molar-refractivity contribution in [1.82, 2.24) is 10.5 Å². The van der Waals surface area contributed by atoms with Crippen LogP contribution >= 0.6 is 11.6 Å². The molecule has 1 aromatic heterocycles. The van der Waals surface area contributed by atoms with Gasteiger partial charge in [0.25, 0.3) is 0 Å². The number of amides is 1. The number of halogens is 1. The molecule has 0 bridgehead atoms. The molecular formula is C19H15ClN2O4. The molecule has 1 aliphatic heterocycles. The van der Waals surface area contributed by atoms with Crippen LogP contribution in [0.2, 0.25) is 5.02 Å². The van der Waals surface area contributed by atoms with Gasteiger partial charge in [-0.1, -0.05) is 28.9 Å². The van der Waals surface area contributed by atoms with Crippen molar-refractivity contribution in [2.24, 2.45) is 0 Å². The molecule has 4 rings (SSSR count). The van der Waals surface area contributed by atoms with Gasteiger partial charge >= 0.3 is 0 Å². The van der Waals surface area contributed by atoms with E-state index in [-0.39, 0.29) is 19.1 Å². The Labute approximate surface area is 154 Å². The Hall–Kier alpha value is -2.99. The Balaban J connectivity index is 1.37. The van der Waals surface area contributed by atoms with Crippen molar-refractivity contribution in [3.63, 3.8) is 0 Å². The third-order valence-corrected chi connectivity index (χ3v) is 4.21. The molecule has 0 radical (unpaired) electrons. The molecule has 0 spiro atoms. The summed E-state index contributed by atoms with van der Waals surface area (Å²) in [6.07, 6.45) is 0.141. The summed E-state index contributed by atoms with van der Waals surface area (Å²) in [5.74, 6) is 1.81. The number of hydrogen-bond acceptors (Lipinski definition) is 5. The van der Waals surface area contributed by atoms with Gasteiger partial charge in [0.1, 0.15) is 0 Å². The average Bonchev–Trinajstić information content (AvgIpc) is 3.29. The number of carbonyl (C=O) groups is 1. The van der Waals surface area contributed by atoms with Crippen LogP contribution in [0.15, 0.2) is 53.1 Å². The van der Waals surface area contributed by atoms with Crippen molar-refractivity contribution >= 4 is 17.5 Å². The second kappa shape index (κ2) is 7.09. The van der Waals surface area contributed by atoms with E-state index >= 15 is 0 Å². The van der Waals surface area contributed by atoms with Gasteiger partial charge in [0.2, 0.25) is 12.7 Å². The zero-order valence-corrected chi connectivity index (χ0v) is 14.5. The molecule has 0 unspecified atom stereocenters. The zero-order valence-electron chi connectivity index (χ0n) is 13.7. The van der Waals surface area contributed by atoms with Gasteiger partial charge in [0, 0.05) is 23.2 Å². The second-order valence-electron chi connectivity index (χ2n) is 5.83. The molecule has 132 valence electrons. The molecule has 26 heavy (non-hydrogen) atoms. The largest absolute Gasteiger partial charge is 0.454 e. The standard InChI is InChI=1S/C19H15ClN2O4/c20-14-4-1-12(2-5-14)10-21-19(23)9-15-8-17(26-22-15)13-3-6-16-18(7-13)25-11-24-16/h1-8H,9-11H2,(H,21,23). The van der Waals surface area contributed by atoms with E-state index < -0.39 is 0 Å². The van der Waals surface area contributed by atoms with Crippen LogP contribution in [-0.4, -0.2) is 17.9 Å². The highest BCUT2D eigenvalue weighted by atomic mass is 35.5. The highest BCUT2D eigenvalue weighted by Gasteiger charge is 2.16. The Morgan fingerprint density at radius 1 is 1.08 bits per heavy atom. The SMILES string of the molecule is O=C(Cc1cc(-c2ccc3c(c2)OCO3)on1)NCc1ccc(Cl)cc1. The topological polar surface area (TPSA) is 73.6 Å². The van der Waals surface area contributed by atoms with E-state index in [0.29, 0.717) is 34.5 Å². The molecule has 6 nitrogen and oxygen atoms in total. The molecule has 1 N–H and O–H groups in total. The van der Waals surface area contributed by atoms with Crippen molar-refractivity contribution < 1.29 is 18.8 Å². The monoisotopic (exact) mass is 370 g/mol. The number of fused-ring (bicyclic) bond motifs is 1. The maximum absolute atomic E-state index is 12.1. The van der Waals surface area contributed by atoms with Crippen LogP contribution < -0.4 is 14.8 Å². The summed E-state index contributed by atoms with van der Waals surface area (Å²) in [5.41, 5.74) is 2.35. The molecule has 3 aromatic rings. The van der Waals surface area contributed by atoms with Gasteiger partial charge in [-0.15, -0.1) is 0 Å². The molecule has 2 aromatic carbocycles. The van der Waals surface area contributed by atoms with E-state index in [1.165, 1.54) is 0 Å². The summed E-state index contributed by atoms with van der Waals surface area (Å²) < 4.78 is 16.0. The fraction of sp³-hybridized carbons (Fsp3) is 0.158. The highest BCUT2D eigenvalue weighted by molar-refractivity contribution is 6.30. The van der Waals surface area contributed by atoms with Crippen LogP contribution in [0.25, 0.3) is 11.3 Å². The first-order valence-electron chi connectivity index (χ1n) is 8.04. The Morgan fingerprint density at radius 2 is 1.88 bits per heavy atom. The average molecular weight is 371 g/mol. The molecular weight excluding hydrogens is 356 g/mol. The van der Waals surface area contributed by atoms with Crippen molar-refractivity contribution in [2.75, 3.05) is 6.79 Å². The molecule has 1 aliphatic rings. The van der Waals surface area contributed by atoms with Crippen LogP contribution in [0.5, 0.6) is 11.5 Å². The molecule has 2 heterocycles. The van der Waals surface area contributed by atoms with Crippen LogP contribution in [-0.2, 0) is 17.8 Å². The number of benzene rings is 2. The summed E-state index contributed by atoms with van der Waals surface area (Å²) in [4.78, 5) is 12.1. The first-order chi connectivity index (χ1) is 12.7. The first-order valence-corrected chi connectivity index (χ1v) is 8.42. The fourth-order valence-corrected chi connectivity index (χ4v) is 2.74. The predicted molar refractivity (Wildman–Crippen MR) is 95.1 cm³/mol. The predicted octanol–water partition coefficient (Wildman–Crippen LogP) is 3.58. The van der Waals surface area contributed by atoms with Gasteiger partial charge < -0.3 is 19.3 Å². The Bertz CT molecular complexity index is 937. The van der Waals surface area contributed by atoms with E-state index in [2.05, 4.69) is 10.5 Å². The third-order valence-electron chi connectivity index (χ3n) is 3.96. The van der Waals surface area contributed by atoms with Crippen LogP contribution in [0.4, 0.5) is 0 Å². The van der Waals surface area contributed by atoms with E-state index in [1.807, 2.05) is 30.3 Å². The van der Waals surface area contributed by atoms with E-state index in [4.69, 9.17) is 25.6 Å². The lowest BCUT2D eigenvalue weighted by Crippen LogP contribution is -2.24. The minimum Gasteiger partial charge on any atom is -0.454 e. The number of carbonyl (C=O) groups excluding carboxylic acids is 1. The molecule has 0 atom stereocenters. The van der Waals surface area contributed by atoms with Gasteiger partial charge in [-0.2, -0.15) is 0 Å². The number of ether oxygens (including phenoxy) is 2. The van der Waals surface area contributed by atoms with Crippen molar-refractivity contribution in [1.29, 1.82) is 0 Å². The first kappa shape index (κ1) is 16.5. The smallest absolute Gasteiger partial charge is 0.231 e. The minimum atomic E-state index is -0.134. The van der Waals surface area contributed by atoms with E-state index in [9.17, 15) is 4.79 Å². The Kier molecular flexibility index (Phi) is 4.50. The number of nitrogens with zero attached hydrogens (tertiary/aromatic N) is 1. The van der Waals surface area contributed by atoms with Crippen molar-refractivity contribution in [3.8, 4) is 22.8 Å². The van der Waals surface area contributed by atoms with Crippen LogP contribution in [0.3, 0.4) is 0 Å². The lowest BCUT2D eigenvalue weighted by molar-refractivity contribution is -0.120. The van der Waals surface area contributed by atoms with Crippen molar-refractivity contribution in [2.45, 2.75) is 13.0 Å². The zero-order chi connectivity index (χ0) is 17.9. The number of hydrogen-bond donors (Lipinski definition) is 1. The van der Waals surface area contributed by atoms with Crippen molar-refractivity contribution in [3.05, 3.63) is 64.8 Å². The maximum Gasteiger partial charge on any atom is 0.231 e. The summed E-state index contributed by atoms with van der Waals surface area (Å²) >= 11 is 5.84. The van der Waals surface area contributed by atoms with Gasteiger partial charge in [-0.25, -0.2) is 0 Å². The Morgan fingerprint density at radius 3 is 2.73 bits per heavy atom. The summed E-state index contributed by atoms with van der Waals surface area (Å²) in [5, 5.41) is 7.48. The van der Waals surface area contributed by atoms with Gasteiger partial charge in [-0.3, -0.25) is 4.79 Å². The molecule has 7 heteroatoms. The lowest BCUT2D eigenvalue weighted by atomic mass is 10.1. The van der Waals surface area contributed by atoms with Crippen LogP contribution in [0.1, 0.15) is 11.3 Å².